The number of amides is 2. The van der Waals surface area contributed by atoms with Crippen molar-refractivity contribution < 1.29 is 29.0 Å². The van der Waals surface area contributed by atoms with Crippen LogP contribution in [-0.2, 0) is 23.9 Å². The van der Waals surface area contributed by atoms with Gasteiger partial charge in [0.1, 0.15) is 18.5 Å². The zero-order valence-electron chi connectivity index (χ0n) is 10.9. The van der Waals surface area contributed by atoms with E-state index in [0.29, 0.717) is 25.4 Å². The molecule has 0 saturated carbocycles. The monoisotopic (exact) mass is 283 g/mol. The van der Waals surface area contributed by atoms with Gasteiger partial charge in [0.2, 0.25) is 11.8 Å². The maximum Gasteiger partial charge on any atom is 0.250 e. The number of carbonyl (C=O) groups excluding carboxylic acids is 4. The molecule has 0 spiro atoms. The highest BCUT2D eigenvalue weighted by Gasteiger charge is 2.26. The molecule has 0 saturated heterocycles. The summed E-state index contributed by atoms with van der Waals surface area (Å²) in [5.41, 5.74) is 0. The van der Waals surface area contributed by atoms with Crippen molar-refractivity contribution in [1.29, 1.82) is 0 Å². The summed E-state index contributed by atoms with van der Waals surface area (Å²) in [6.07, 6.45) is 2.79. The molecule has 3 unspecified atom stereocenters. The fourth-order valence-corrected chi connectivity index (χ4v) is 1.88. The molecule has 0 aromatic heterocycles. The molecule has 2 N–H and O–H groups in total. The van der Waals surface area contributed by atoms with Crippen LogP contribution in [0.4, 0.5) is 0 Å². The lowest BCUT2D eigenvalue weighted by atomic mass is 9.94. The summed E-state index contributed by atoms with van der Waals surface area (Å²) in [5.74, 6) is -1.53. The van der Waals surface area contributed by atoms with E-state index in [-0.39, 0.29) is 6.42 Å². The number of ether oxygens (including phenoxy) is 1. The minimum absolute atomic E-state index is 0.0563. The number of aliphatic hydroxyl groups excluding tert-OH is 1. The van der Waals surface area contributed by atoms with Gasteiger partial charge in [0.25, 0.3) is 0 Å². The van der Waals surface area contributed by atoms with Crippen LogP contribution in [0.15, 0.2) is 12.2 Å². The van der Waals surface area contributed by atoms with Crippen molar-refractivity contribution in [1.82, 2.24) is 5.32 Å². The quantitative estimate of drug-likeness (QED) is 0.464. The molecule has 110 valence electrons. The normalized spacial score (nSPS) is 23.9. The molecule has 0 aromatic rings. The predicted octanol–water partition coefficient (Wildman–Crippen LogP) is -0.871. The number of allylic oxidation sites excluding steroid dienone is 1. The van der Waals surface area contributed by atoms with E-state index in [1.165, 1.54) is 6.08 Å². The summed E-state index contributed by atoms with van der Waals surface area (Å²) >= 11 is 0. The number of hydrogen-bond donors (Lipinski definition) is 2. The molecule has 3 atom stereocenters. The molecule has 0 bridgehead atoms. The van der Waals surface area contributed by atoms with Gasteiger partial charge in [-0.15, -0.1) is 0 Å². The zero-order valence-corrected chi connectivity index (χ0v) is 10.9. The van der Waals surface area contributed by atoms with Gasteiger partial charge in [0, 0.05) is 5.92 Å². The maximum absolute atomic E-state index is 11.8. The standard InChI is InChI=1S/C13H17NO6/c15-6-10(20-11(7-16)8-17)5-9-3-1-2-4-12(18)14-13(9)19/h2,4,6-7,9-11,17H,1,3,5,8H2,(H,14,18,19)/b4-2-. The van der Waals surface area contributed by atoms with Gasteiger partial charge in [0.15, 0.2) is 6.29 Å². The molecule has 0 aromatic carbocycles. The van der Waals surface area contributed by atoms with Gasteiger partial charge in [0.05, 0.1) is 6.61 Å². The fourth-order valence-electron chi connectivity index (χ4n) is 1.88. The molecule has 0 aliphatic carbocycles. The van der Waals surface area contributed by atoms with E-state index < -0.39 is 36.5 Å². The second-order valence-corrected chi connectivity index (χ2v) is 4.43. The van der Waals surface area contributed by atoms with Crippen LogP contribution in [0.2, 0.25) is 0 Å². The zero-order chi connectivity index (χ0) is 15.0. The first-order valence-corrected chi connectivity index (χ1v) is 6.29. The SMILES string of the molecule is O=CC(CO)OC(C=O)CC1CC/C=C\C(=O)NC1=O. The van der Waals surface area contributed by atoms with Crippen LogP contribution in [0.1, 0.15) is 19.3 Å². The lowest BCUT2D eigenvalue weighted by Crippen LogP contribution is -2.38. The van der Waals surface area contributed by atoms with E-state index in [4.69, 9.17) is 9.84 Å². The third-order valence-electron chi connectivity index (χ3n) is 2.92. The Kier molecular flexibility index (Phi) is 6.75. The van der Waals surface area contributed by atoms with Crippen LogP contribution in [0.3, 0.4) is 0 Å². The summed E-state index contributed by atoms with van der Waals surface area (Å²) in [4.78, 5) is 44.5. The fraction of sp³-hybridized carbons (Fsp3) is 0.538. The molecule has 0 fully saturated rings. The van der Waals surface area contributed by atoms with Crippen molar-refractivity contribution in [3.8, 4) is 0 Å². The van der Waals surface area contributed by atoms with Crippen molar-refractivity contribution in [2.75, 3.05) is 6.61 Å². The number of rotatable bonds is 7. The van der Waals surface area contributed by atoms with E-state index in [9.17, 15) is 19.2 Å². The Bertz CT molecular complexity index is 406. The molecule has 1 aliphatic heterocycles. The van der Waals surface area contributed by atoms with Crippen LogP contribution in [0, 0.1) is 5.92 Å². The Hall–Kier alpha value is -1.86. The molecule has 0 radical (unpaired) electrons. The molecular formula is C13H17NO6. The van der Waals surface area contributed by atoms with Crippen molar-refractivity contribution in [3.63, 3.8) is 0 Å². The summed E-state index contributed by atoms with van der Waals surface area (Å²) in [5, 5.41) is 11.0. The van der Waals surface area contributed by atoms with Gasteiger partial charge in [-0.1, -0.05) is 6.08 Å². The maximum atomic E-state index is 11.8. The second kappa shape index (κ2) is 8.34. The summed E-state index contributed by atoms with van der Waals surface area (Å²) in [7, 11) is 0. The van der Waals surface area contributed by atoms with Crippen LogP contribution in [0.25, 0.3) is 0 Å². The van der Waals surface area contributed by atoms with E-state index in [2.05, 4.69) is 5.32 Å². The summed E-state index contributed by atoms with van der Waals surface area (Å²) < 4.78 is 5.08. The van der Waals surface area contributed by atoms with Crippen molar-refractivity contribution >= 4 is 24.4 Å². The van der Waals surface area contributed by atoms with Gasteiger partial charge in [-0.3, -0.25) is 14.9 Å². The first-order chi connectivity index (χ1) is 9.60. The average molecular weight is 283 g/mol. The van der Waals surface area contributed by atoms with Crippen LogP contribution in [-0.4, -0.2) is 48.3 Å². The molecule has 1 rings (SSSR count). The lowest BCUT2D eigenvalue weighted by Gasteiger charge is -2.21. The summed E-state index contributed by atoms with van der Waals surface area (Å²) in [6, 6.07) is 0. The van der Waals surface area contributed by atoms with Gasteiger partial charge in [-0.25, -0.2) is 0 Å². The Morgan fingerprint density at radius 3 is 2.65 bits per heavy atom. The minimum atomic E-state index is -1.09. The predicted molar refractivity (Wildman–Crippen MR) is 67.5 cm³/mol. The van der Waals surface area contributed by atoms with Crippen molar-refractivity contribution in [2.45, 2.75) is 31.5 Å². The number of aliphatic hydroxyl groups is 1. The third kappa shape index (κ3) is 5.02. The Labute approximate surface area is 116 Å². The highest BCUT2D eigenvalue weighted by molar-refractivity contribution is 6.01. The van der Waals surface area contributed by atoms with E-state index in [0.717, 1.165) is 0 Å². The first-order valence-electron chi connectivity index (χ1n) is 6.29. The average Bonchev–Trinajstić information content (AvgIpc) is 2.44. The first kappa shape index (κ1) is 16.2. The molecule has 7 heteroatoms. The smallest absolute Gasteiger partial charge is 0.250 e. The molecular weight excluding hydrogens is 266 g/mol. The minimum Gasteiger partial charge on any atom is -0.393 e. The number of imide groups is 1. The molecule has 1 aliphatic rings. The topological polar surface area (TPSA) is 110 Å². The number of hydrogen-bond acceptors (Lipinski definition) is 6. The number of aldehydes is 2. The number of nitrogens with one attached hydrogen (secondary N) is 1. The molecule has 2 amide bonds. The lowest BCUT2D eigenvalue weighted by molar-refractivity contribution is -0.136. The summed E-state index contributed by atoms with van der Waals surface area (Å²) in [6.45, 7) is -0.536. The van der Waals surface area contributed by atoms with E-state index in [1.807, 2.05) is 0 Å². The largest absolute Gasteiger partial charge is 0.393 e. The van der Waals surface area contributed by atoms with Gasteiger partial charge >= 0.3 is 0 Å². The Morgan fingerprint density at radius 2 is 2.05 bits per heavy atom. The van der Waals surface area contributed by atoms with E-state index >= 15 is 0 Å². The van der Waals surface area contributed by atoms with Gasteiger partial charge < -0.3 is 19.4 Å². The van der Waals surface area contributed by atoms with E-state index in [1.54, 1.807) is 6.08 Å². The highest BCUT2D eigenvalue weighted by atomic mass is 16.5. The third-order valence-corrected chi connectivity index (χ3v) is 2.92. The second-order valence-electron chi connectivity index (χ2n) is 4.43. The molecule has 20 heavy (non-hydrogen) atoms. The van der Waals surface area contributed by atoms with Crippen LogP contribution < -0.4 is 5.32 Å². The Morgan fingerprint density at radius 1 is 1.35 bits per heavy atom. The number of carbonyl (C=O) groups is 4. The van der Waals surface area contributed by atoms with Gasteiger partial charge in [-0.2, -0.15) is 0 Å². The highest BCUT2D eigenvalue weighted by Crippen LogP contribution is 2.17. The molecule has 7 nitrogen and oxygen atoms in total. The van der Waals surface area contributed by atoms with Crippen molar-refractivity contribution in [2.24, 2.45) is 5.92 Å². The van der Waals surface area contributed by atoms with Gasteiger partial charge in [-0.05, 0) is 25.3 Å². The molecule has 1 heterocycles. The van der Waals surface area contributed by atoms with Crippen LogP contribution in [0.5, 0.6) is 0 Å². The van der Waals surface area contributed by atoms with Crippen LogP contribution >= 0.6 is 0 Å². The Balaban J connectivity index is 2.64. The van der Waals surface area contributed by atoms with Crippen molar-refractivity contribution in [3.05, 3.63) is 12.2 Å².